The number of carboxylic acid groups (broad SMARTS) is 1. The normalized spacial score (nSPS) is 13.2. The molecule has 0 bridgehead atoms. The lowest BCUT2D eigenvalue weighted by Crippen LogP contribution is -2.32. The minimum Gasteiger partial charge on any atom is -0.478 e. The van der Waals surface area contributed by atoms with Crippen LogP contribution in [-0.4, -0.2) is 36.0 Å². The fourth-order valence-corrected chi connectivity index (χ4v) is 2.23. The Bertz CT molecular complexity index is 568. The number of fused-ring (bicyclic) bond motifs is 1. The highest BCUT2D eigenvalue weighted by molar-refractivity contribution is 6.03. The number of benzene rings is 1. The molecule has 1 aromatic carbocycles. The number of carbonyl (C=O) groups is 3. The monoisotopic (exact) mass is 276 g/mol. The second-order valence-corrected chi connectivity index (χ2v) is 4.57. The minimum atomic E-state index is -1.03. The number of nitrogens with one attached hydrogen (secondary N) is 1. The van der Waals surface area contributed by atoms with Gasteiger partial charge in [0.15, 0.2) is 0 Å². The van der Waals surface area contributed by atoms with Gasteiger partial charge < -0.3 is 15.3 Å². The highest BCUT2D eigenvalue weighted by atomic mass is 16.4. The second kappa shape index (κ2) is 5.73. The highest BCUT2D eigenvalue weighted by Gasteiger charge is 2.28. The molecule has 20 heavy (non-hydrogen) atoms. The van der Waals surface area contributed by atoms with E-state index in [1.165, 1.54) is 17.0 Å². The van der Waals surface area contributed by atoms with Gasteiger partial charge in [-0.3, -0.25) is 9.59 Å². The molecule has 2 N–H and O–H groups in total. The Hall–Kier alpha value is -2.37. The Morgan fingerprint density at radius 2 is 2.15 bits per heavy atom. The average molecular weight is 276 g/mol. The Morgan fingerprint density at radius 1 is 1.40 bits per heavy atom. The van der Waals surface area contributed by atoms with Crippen molar-refractivity contribution in [3.05, 3.63) is 29.3 Å². The summed E-state index contributed by atoms with van der Waals surface area (Å²) in [7, 11) is 0. The predicted molar refractivity (Wildman–Crippen MR) is 72.8 cm³/mol. The number of nitrogens with zero attached hydrogens (tertiary/aromatic N) is 1. The summed E-state index contributed by atoms with van der Waals surface area (Å²) >= 11 is 0. The summed E-state index contributed by atoms with van der Waals surface area (Å²) in [6.07, 6.45) is 0.459. The molecule has 6 nitrogen and oxygen atoms in total. The van der Waals surface area contributed by atoms with Gasteiger partial charge in [0.25, 0.3) is 0 Å². The molecule has 0 unspecified atom stereocenters. The molecule has 0 saturated heterocycles. The van der Waals surface area contributed by atoms with Crippen molar-refractivity contribution in [3.63, 3.8) is 0 Å². The lowest BCUT2D eigenvalue weighted by Gasteiger charge is -2.17. The van der Waals surface area contributed by atoms with E-state index < -0.39 is 5.97 Å². The molecule has 2 rings (SSSR count). The SMILES string of the molecule is CCNC(=O)CCN1C(=O)Cc2ccc(C(=O)O)cc21. The van der Waals surface area contributed by atoms with E-state index in [4.69, 9.17) is 5.11 Å². The first kappa shape index (κ1) is 14.0. The second-order valence-electron chi connectivity index (χ2n) is 4.57. The quantitative estimate of drug-likeness (QED) is 0.832. The summed E-state index contributed by atoms with van der Waals surface area (Å²) in [6, 6.07) is 4.63. The van der Waals surface area contributed by atoms with Crippen molar-refractivity contribution < 1.29 is 19.5 Å². The van der Waals surface area contributed by atoms with Crippen LogP contribution in [0.5, 0.6) is 0 Å². The molecule has 0 fully saturated rings. The van der Waals surface area contributed by atoms with Crippen molar-refractivity contribution in [2.45, 2.75) is 19.8 Å². The fraction of sp³-hybridized carbons (Fsp3) is 0.357. The summed E-state index contributed by atoms with van der Waals surface area (Å²) < 4.78 is 0. The van der Waals surface area contributed by atoms with E-state index in [0.29, 0.717) is 12.2 Å². The molecule has 1 aliphatic rings. The molecule has 0 atom stereocenters. The first-order chi connectivity index (χ1) is 9.52. The molecule has 1 heterocycles. The smallest absolute Gasteiger partial charge is 0.335 e. The number of hydrogen-bond donors (Lipinski definition) is 2. The van der Waals surface area contributed by atoms with Crippen LogP contribution in [0.4, 0.5) is 5.69 Å². The van der Waals surface area contributed by atoms with E-state index in [1.54, 1.807) is 6.07 Å². The third-order valence-corrected chi connectivity index (χ3v) is 3.20. The topological polar surface area (TPSA) is 86.7 Å². The summed E-state index contributed by atoms with van der Waals surface area (Å²) in [4.78, 5) is 35.8. The third kappa shape index (κ3) is 2.79. The van der Waals surface area contributed by atoms with Crippen LogP contribution in [0.2, 0.25) is 0 Å². The molecule has 0 spiro atoms. The average Bonchev–Trinajstić information content (AvgIpc) is 2.71. The fourth-order valence-electron chi connectivity index (χ4n) is 2.23. The number of amides is 2. The van der Waals surface area contributed by atoms with E-state index in [0.717, 1.165) is 5.56 Å². The standard InChI is InChI=1S/C14H16N2O4/c1-2-15-12(17)5-6-16-11-7-10(14(19)20)4-3-9(11)8-13(16)18/h3-4,7H,2,5-6,8H2,1H3,(H,15,17)(H,19,20). The third-order valence-electron chi connectivity index (χ3n) is 3.20. The number of aromatic carboxylic acids is 1. The van der Waals surface area contributed by atoms with Crippen LogP contribution in [0.3, 0.4) is 0 Å². The first-order valence-corrected chi connectivity index (χ1v) is 6.46. The van der Waals surface area contributed by atoms with Gasteiger partial charge in [0.05, 0.1) is 12.0 Å². The molecule has 106 valence electrons. The summed E-state index contributed by atoms with van der Waals surface area (Å²) in [5.41, 5.74) is 1.54. The van der Waals surface area contributed by atoms with Crippen LogP contribution < -0.4 is 10.2 Å². The molecule has 0 aliphatic carbocycles. The van der Waals surface area contributed by atoms with Gasteiger partial charge in [-0.1, -0.05) is 6.07 Å². The van der Waals surface area contributed by atoms with Crippen molar-refractivity contribution in [2.24, 2.45) is 0 Å². The van der Waals surface area contributed by atoms with Crippen molar-refractivity contribution >= 4 is 23.5 Å². The maximum atomic E-state index is 11.9. The molecule has 0 saturated carbocycles. The number of anilines is 1. The van der Waals surface area contributed by atoms with Crippen LogP contribution in [0.1, 0.15) is 29.3 Å². The zero-order valence-corrected chi connectivity index (χ0v) is 11.2. The predicted octanol–water partition coefficient (Wildman–Crippen LogP) is 0.800. The van der Waals surface area contributed by atoms with Gasteiger partial charge in [0.1, 0.15) is 0 Å². The van der Waals surface area contributed by atoms with Crippen LogP contribution in [0.15, 0.2) is 18.2 Å². The van der Waals surface area contributed by atoms with Crippen molar-refractivity contribution in [1.29, 1.82) is 0 Å². The molecule has 1 aromatic rings. The van der Waals surface area contributed by atoms with Gasteiger partial charge in [0.2, 0.25) is 11.8 Å². The first-order valence-electron chi connectivity index (χ1n) is 6.46. The van der Waals surface area contributed by atoms with E-state index >= 15 is 0 Å². The Labute approximate surface area is 116 Å². The molecule has 0 radical (unpaired) electrons. The zero-order chi connectivity index (χ0) is 14.7. The number of hydrogen-bond acceptors (Lipinski definition) is 3. The van der Waals surface area contributed by atoms with E-state index in [9.17, 15) is 14.4 Å². The molecular weight excluding hydrogens is 260 g/mol. The molecule has 6 heteroatoms. The van der Waals surface area contributed by atoms with Gasteiger partial charge in [0, 0.05) is 25.2 Å². The van der Waals surface area contributed by atoms with Crippen LogP contribution >= 0.6 is 0 Å². The van der Waals surface area contributed by atoms with Crippen molar-refractivity contribution in [2.75, 3.05) is 18.0 Å². The van der Waals surface area contributed by atoms with Gasteiger partial charge >= 0.3 is 5.97 Å². The van der Waals surface area contributed by atoms with Crippen molar-refractivity contribution in [3.8, 4) is 0 Å². The van der Waals surface area contributed by atoms with Gasteiger partial charge in [-0.05, 0) is 24.6 Å². The highest BCUT2D eigenvalue weighted by Crippen LogP contribution is 2.30. The number of carboxylic acids is 1. The summed E-state index contributed by atoms with van der Waals surface area (Å²) in [5.74, 6) is -1.26. The van der Waals surface area contributed by atoms with Crippen LogP contribution in [0, 0.1) is 0 Å². The Morgan fingerprint density at radius 3 is 2.80 bits per heavy atom. The molecular formula is C14H16N2O4. The largest absolute Gasteiger partial charge is 0.478 e. The maximum Gasteiger partial charge on any atom is 0.335 e. The summed E-state index contributed by atoms with van der Waals surface area (Å²) in [6.45, 7) is 2.64. The lowest BCUT2D eigenvalue weighted by atomic mass is 10.1. The zero-order valence-electron chi connectivity index (χ0n) is 11.2. The molecule has 1 aliphatic heterocycles. The van der Waals surface area contributed by atoms with Crippen LogP contribution in [-0.2, 0) is 16.0 Å². The van der Waals surface area contributed by atoms with Gasteiger partial charge in [-0.15, -0.1) is 0 Å². The summed E-state index contributed by atoms with van der Waals surface area (Å²) in [5, 5.41) is 11.7. The molecule has 2 amide bonds. The van der Waals surface area contributed by atoms with Gasteiger partial charge in [-0.2, -0.15) is 0 Å². The van der Waals surface area contributed by atoms with E-state index in [-0.39, 0.29) is 36.8 Å². The van der Waals surface area contributed by atoms with E-state index in [2.05, 4.69) is 5.32 Å². The van der Waals surface area contributed by atoms with Crippen LogP contribution in [0.25, 0.3) is 0 Å². The minimum absolute atomic E-state index is 0.105. The molecule has 0 aromatic heterocycles. The van der Waals surface area contributed by atoms with Crippen molar-refractivity contribution in [1.82, 2.24) is 5.32 Å². The van der Waals surface area contributed by atoms with E-state index in [1.807, 2.05) is 6.92 Å². The lowest BCUT2D eigenvalue weighted by molar-refractivity contribution is -0.121. The Kier molecular flexibility index (Phi) is 4.02. The van der Waals surface area contributed by atoms with Gasteiger partial charge in [-0.25, -0.2) is 4.79 Å². The maximum absolute atomic E-state index is 11.9. The number of rotatable bonds is 5. The number of carbonyl (C=O) groups excluding carboxylic acids is 2. The Balaban J connectivity index is 2.16.